The molecule has 14 atom stereocenters. The highest BCUT2D eigenvalue weighted by Crippen LogP contribution is 2.29. The zero-order chi connectivity index (χ0) is 33.4. The third-order valence-electron chi connectivity index (χ3n) is 7.48. The first-order valence-corrected chi connectivity index (χ1v) is 14.4. The molecule has 0 aromatic carbocycles. The Kier molecular flexibility index (Phi) is 13.8. The van der Waals surface area contributed by atoms with Crippen LogP contribution in [0.4, 0.5) is 5.82 Å². The Morgan fingerprint density at radius 1 is 0.911 bits per heavy atom. The second-order valence-electron chi connectivity index (χ2n) is 11.0. The average Bonchev–Trinajstić information content (AvgIpc) is 3.01. The summed E-state index contributed by atoms with van der Waals surface area (Å²) in [5.74, 6) is -0.863. The van der Waals surface area contributed by atoms with Crippen molar-refractivity contribution in [3.63, 3.8) is 0 Å². The Bertz CT molecular complexity index is 1080. The predicted molar refractivity (Wildman–Crippen MR) is 151 cm³/mol. The SMILES string of the molecule is CC(=O)N[C@H]1[C@H](O[C@@H]([C@H](O[C@@H]2O[C@@H](C)[C@@H](O)[C@@H](O)[C@@H]2O)[C@H](CNc2ccccn2)NC(C)=O)[C@H](O)CO)O[C@H](CO)[C@@H](O)[C@@H]1O. The molecule has 1 aromatic heterocycles. The van der Waals surface area contributed by atoms with Crippen LogP contribution in [0.15, 0.2) is 24.4 Å². The molecule has 2 aliphatic rings. The van der Waals surface area contributed by atoms with E-state index in [1.165, 1.54) is 20.0 Å². The molecule has 0 saturated carbocycles. The molecule has 3 heterocycles. The van der Waals surface area contributed by atoms with E-state index in [0.717, 1.165) is 6.92 Å². The molecule has 0 radical (unpaired) electrons. The van der Waals surface area contributed by atoms with Gasteiger partial charge in [0.1, 0.15) is 66.8 Å². The van der Waals surface area contributed by atoms with Gasteiger partial charge >= 0.3 is 0 Å². The summed E-state index contributed by atoms with van der Waals surface area (Å²) in [4.78, 5) is 28.5. The summed E-state index contributed by atoms with van der Waals surface area (Å²) in [5.41, 5.74) is 0. The average molecular weight is 649 g/mol. The number of amides is 2. The second kappa shape index (κ2) is 16.8. The standard InChI is InChI=1S/C27H44N4O14/c1-11-19(37)22(40)23(41)27(42-11)44-24(14(30-12(2)34)8-29-17-6-4-5-7-28-17)25(15(36)9-32)45-26-18(31-13(3)35)21(39)20(38)16(10-33)43-26/h4-7,11,14-16,18-27,32-33,36-41H,8-10H2,1-3H3,(H,28,29)(H,30,34)(H,31,35)/t11-,14-,15+,16+,18+,19+,20+,21+,22+,23-,24+,25+,26-,27-/m0/s1. The second-order valence-corrected chi connectivity index (χ2v) is 11.0. The fraction of sp³-hybridized carbons (Fsp3) is 0.741. The highest BCUT2D eigenvalue weighted by Gasteiger charge is 2.50. The quantitative estimate of drug-likeness (QED) is 0.0900. The van der Waals surface area contributed by atoms with Crippen LogP contribution in [0.3, 0.4) is 0 Å². The predicted octanol–water partition coefficient (Wildman–Crippen LogP) is -5.11. The minimum atomic E-state index is -1.83. The zero-order valence-corrected chi connectivity index (χ0v) is 25.0. The number of nitrogens with one attached hydrogen (secondary N) is 3. The van der Waals surface area contributed by atoms with E-state index in [1.807, 2.05) is 0 Å². The van der Waals surface area contributed by atoms with E-state index in [-0.39, 0.29) is 6.54 Å². The summed E-state index contributed by atoms with van der Waals surface area (Å²) in [5, 5.41) is 91.4. The largest absolute Gasteiger partial charge is 0.394 e. The molecule has 2 saturated heterocycles. The van der Waals surface area contributed by atoms with Crippen LogP contribution in [0.25, 0.3) is 0 Å². The van der Waals surface area contributed by atoms with E-state index in [0.29, 0.717) is 5.82 Å². The summed E-state index contributed by atoms with van der Waals surface area (Å²) < 4.78 is 23.4. The molecule has 18 nitrogen and oxygen atoms in total. The number of aliphatic hydroxyl groups excluding tert-OH is 8. The van der Waals surface area contributed by atoms with Gasteiger partial charge in [0.05, 0.1) is 25.4 Å². The normalized spacial score (nSPS) is 34.6. The van der Waals surface area contributed by atoms with Crippen LogP contribution < -0.4 is 16.0 Å². The van der Waals surface area contributed by atoms with Crippen molar-refractivity contribution in [2.24, 2.45) is 0 Å². The van der Waals surface area contributed by atoms with Crippen LogP contribution in [-0.2, 0) is 28.5 Å². The number of hydrogen-bond acceptors (Lipinski definition) is 16. The maximum absolute atomic E-state index is 12.4. The fourth-order valence-electron chi connectivity index (χ4n) is 5.11. The van der Waals surface area contributed by atoms with Crippen LogP contribution in [0.5, 0.6) is 0 Å². The van der Waals surface area contributed by atoms with Gasteiger partial charge < -0.3 is 75.8 Å². The van der Waals surface area contributed by atoms with Gasteiger partial charge in [0.15, 0.2) is 12.6 Å². The molecule has 18 heteroatoms. The number of hydrogen-bond donors (Lipinski definition) is 11. The highest BCUT2D eigenvalue weighted by molar-refractivity contribution is 5.73. The zero-order valence-electron chi connectivity index (χ0n) is 25.0. The highest BCUT2D eigenvalue weighted by atomic mass is 16.7. The van der Waals surface area contributed by atoms with E-state index in [1.54, 1.807) is 18.2 Å². The summed E-state index contributed by atoms with van der Waals surface area (Å²) in [6, 6.07) is 2.35. The molecule has 2 aliphatic heterocycles. The summed E-state index contributed by atoms with van der Waals surface area (Å²) >= 11 is 0. The molecule has 1 aromatic rings. The van der Waals surface area contributed by atoms with Crippen molar-refractivity contribution in [2.75, 3.05) is 25.1 Å². The van der Waals surface area contributed by atoms with Crippen LogP contribution in [-0.4, -0.2) is 163 Å². The monoisotopic (exact) mass is 648 g/mol. The number of aromatic nitrogens is 1. The number of aliphatic hydroxyl groups is 8. The number of rotatable bonds is 14. The topological polar surface area (TPSA) is 282 Å². The van der Waals surface area contributed by atoms with Crippen molar-refractivity contribution >= 4 is 17.6 Å². The molecule has 0 aliphatic carbocycles. The Morgan fingerprint density at radius 3 is 2.18 bits per heavy atom. The lowest BCUT2D eigenvalue weighted by Crippen LogP contribution is -2.67. The number of carbonyl (C=O) groups is 2. The van der Waals surface area contributed by atoms with Gasteiger partial charge in [-0.15, -0.1) is 0 Å². The minimum absolute atomic E-state index is 0.163. The Morgan fingerprint density at radius 2 is 1.60 bits per heavy atom. The molecule has 2 fully saturated rings. The van der Waals surface area contributed by atoms with E-state index >= 15 is 0 Å². The first kappa shape index (κ1) is 36.9. The van der Waals surface area contributed by atoms with Crippen molar-refractivity contribution in [3.8, 4) is 0 Å². The fourth-order valence-corrected chi connectivity index (χ4v) is 5.11. The molecular weight excluding hydrogens is 604 g/mol. The van der Waals surface area contributed by atoms with E-state index in [4.69, 9.17) is 18.9 Å². The third-order valence-corrected chi connectivity index (χ3v) is 7.48. The number of nitrogens with zero attached hydrogens (tertiary/aromatic N) is 1. The lowest BCUT2D eigenvalue weighted by Gasteiger charge is -2.46. The first-order chi connectivity index (χ1) is 21.3. The van der Waals surface area contributed by atoms with Gasteiger partial charge in [-0.25, -0.2) is 4.98 Å². The Balaban J connectivity index is 2.05. The van der Waals surface area contributed by atoms with Crippen molar-refractivity contribution < 1.29 is 69.4 Å². The van der Waals surface area contributed by atoms with Gasteiger partial charge in [0.2, 0.25) is 11.8 Å². The van der Waals surface area contributed by atoms with Gasteiger partial charge in [0.25, 0.3) is 0 Å². The number of carbonyl (C=O) groups excluding carboxylic acids is 2. The van der Waals surface area contributed by atoms with Gasteiger partial charge in [-0.1, -0.05) is 6.07 Å². The summed E-state index contributed by atoms with van der Waals surface area (Å²) in [6.45, 7) is 1.83. The lowest BCUT2D eigenvalue weighted by molar-refractivity contribution is -0.336. The maximum Gasteiger partial charge on any atom is 0.217 e. The third kappa shape index (κ3) is 9.47. The Labute approximate surface area is 258 Å². The Hall–Kier alpha value is -2.59. The van der Waals surface area contributed by atoms with E-state index < -0.39 is 111 Å². The molecule has 0 spiro atoms. The van der Waals surface area contributed by atoms with Crippen molar-refractivity contribution in [1.82, 2.24) is 15.6 Å². The molecule has 0 bridgehead atoms. The van der Waals surface area contributed by atoms with Crippen LogP contribution in [0.2, 0.25) is 0 Å². The molecular formula is C27H44N4O14. The minimum Gasteiger partial charge on any atom is -0.394 e. The number of pyridine rings is 1. The van der Waals surface area contributed by atoms with Crippen molar-refractivity contribution in [1.29, 1.82) is 0 Å². The van der Waals surface area contributed by atoms with E-state index in [2.05, 4.69) is 20.9 Å². The van der Waals surface area contributed by atoms with Crippen LogP contribution in [0, 0.1) is 0 Å². The molecule has 11 N–H and O–H groups in total. The van der Waals surface area contributed by atoms with Crippen LogP contribution in [0.1, 0.15) is 20.8 Å². The molecule has 256 valence electrons. The number of anilines is 1. The summed E-state index contributed by atoms with van der Waals surface area (Å²) in [6.07, 6.45) is -17.9. The van der Waals surface area contributed by atoms with Crippen molar-refractivity contribution in [3.05, 3.63) is 24.4 Å². The molecule has 2 amide bonds. The number of ether oxygens (including phenoxy) is 4. The summed E-state index contributed by atoms with van der Waals surface area (Å²) in [7, 11) is 0. The van der Waals surface area contributed by atoms with Crippen LogP contribution >= 0.6 is 0 Å². The first-order valence-electron chi connectivity index (χ1n) is 14.4. The molecule has 0 unspecified atom stereocenters. The van der Waals surface area contributed by atoms with Crippen molar-refractivity contribution in [2.45, 2.75) is 106 Å². The smallest absolute Gasteiger partial charge is 0.217 e. The van der Waals surface area contributed by atoms with Gasteiger partial charge in [0, 0.05) is 26.6 Å². The molecule has 3 rings (SSSR count). The van der Waals surface area contributed by atoms with Gasteiger partial charge in [-0.3, -0.25) is 9.59 Å². The van der Waals surface area contributed by atoms with Gasteiger partial charge in [-0.2, -0.15) is 0 Å². The van der Waals surface area contributed by atoms with Gasteiger partial charge in [-0.05, 0) is 19.1 Å². The van der Waals surface area contributed by atoms with E-state index in [9.17, 15) is 50.4 Å². The molecule has 45 heavy (non-hydrogen) atoms. The maximum atomic E-state index is 12.4. The lowest BCUT2D eigenvalue weighted by atomic mass is 9.95.